The lowest BCUT2D eigenvalue weighted by Crippen LogP contribution is -2.13. The van der Waals surface area contributed by atoms with E-state index in [4.69, 9.17) is 29.1 Å². The second-order valence-electron chi connectivity index (χ2n) is 6.98. The van der Waals surface area contributed by atoms with Crippen LogP contribution in [0, 0.1) is 0 Å². The summed E-state index contributed by atoms with van der Waals surface area (Å²) in [7, 11) is 0. The maximum absolute atomic E-state index is 8.55. The van der Waals surface area contributed by atoms with E-state index >= 15 is 0 Å². The van der Waals surface area contributed by atoms with E-state index in [1.54, 1.807) is 0 Å². The Labute approximate surface area is 176 Å². The van der Waals surface area contributed by atoms with Gasteiger partial charge in [-0.1, -0.05) is 57.6 Å². The molecule has 168 valence electrons. The minimum atomic E-state index is 0.0363. The van der Waals surface area contributed by atoms with Crippen molar-refractivity contribution in [3.8, 4) is 5.75 Å². The first-order valence-corrected chi connectivity index (χ1v) is 11.1. The summed E-state index contributed by atoms with van der Waals surface area (Å²) in [6.45, 7) is 5.42. The van der Waals surface area contributed by atoms with Crippen molar-refractivity contribution in [2.45, 2.75) is 58.3 Å². The summed E-state index contributed by atoms with van der Waals surface area (Å²) in [5.74, 6) is 0.708. The summed E-state index contributed by atoms with van der Waals surface area (Å²) >= 11 is 0. The van der Waals surface area contributed by atoms with E-state index in [0.29, 0.717) is 52.0 Å². The van der Waals surface area contributed by atoms with E-state index in [1.807, 2.05) is 12.1 Å². The van der Waals surface area contributed by atoms with Gasteiger partial charge in [0.2, 0.25) is 0 Å². The molecule has 0 aliphatic carbocycles. The van der Waals surface area contributed by atoms with Gasteiger partial charge in [-0.2, -0.15) is 4.89 Å². The summed E-state index contributed by atoms with van der Waals surface area (Å²) in [6, 6.07) is 8.11. The third-order valence-electron chi connectivity index (χ3n) is 4.44. The minimum Gasteiger partial charge on any atom is -0.394 e. The van der Waals surface area contributed by atoms with Crippen molar-refractivity contribution in [2.75, 3.05) is 52.9 Å². The van der Waals surface area contributed by atoms with Crippen LogP contribution in [0.2, 0.25) is 0 Å². The van der Waals surface area contributed by atoms with Crippen molar-refractivity contribution in [1.82, 2.24) is 0 Å². The highest BCUT2D eigenvalue weighted by Gasteiger charge is 1.99. The Morgan fingerprint density at radius 2 is 1.21 bits per heavy atom. The molecule has 0 aromatic heterocycles. The van der Waals surface area contributed by atoms with Gasteiger partial charge in [-0.15, -0.1) is 0 Å². The molecule has 0 aliphatic rings. The van der Waals surface area contributed by atoms with Gasteiger partial charge in [0.1, 0.15) is 6.61 Å². The van der Waals surface area contributed by atoms with Gasteiger partial charge in [0, 0.05) is 0 Å². The highest BCUT2D eigenvalue weighted by atomic mass is 17.2. The molecule has 0 bridgehead atoms. The number of rotatable bonds is 21. The predicted octanol–water partition coefficient (Wildman–Crippen LogP) is 4.33. The van der Waals surface area contributed by atoms with Crippen molar-refractivity contribution < 1.29 is 29.1 Å². The Morgan fingerprint density at radius 3 is 1.83 bits per heavy atom. The first-order valence-electron chi connectivity index (χ1n) is 11.1. The molecule has 1 aromatic rings. The van der Waals surface area contributed by atoms with E-state index in [1.165, 1.54) is 50.5 Å². The van der Waals surface area contributed by atoms with E-state index in [9.17, 15) is 0 Å². The van der Waals surface area contributed by atoms with Crippen molar-refractivity contribution >= 4 is 0 Å². The zero-order valence-electron chi connectivity index (χ0n) is 18.1. The molecular weight excluding hydrogens is 372 g/mol. The fourth-order valence-corrected chi connectivity index (χ4v) is 2.81. The smallest absolute Gasteiger partial charge is 0.165 e. The maximum atomic E-state index is 8.55. The molecule has 0 radical (unpaired) electrons. The van der Waals surface area contributed by atoms with Gasteiger partial charge in [0.05, 0.1) is 46.2 Å². The van der Waals surface area contributed by atoms with Crippen LogP contribution < -0.4 is 4.89 Å². The van der Waals surface area contributed by atoms with Crippen molar-refractivity contribution in [1.29, 1.82) is 0 Å². The third-order valence-corrected chi connectivity index (χ3v) is 4.44. The van der Waals surface area contributed by atoms with Crippen LogP contribution in [-0.2, 0) is 25.5 Å². The summed E-state index contributed by atoms with van der Waals surface area (Å²) in [5.41, 5.74) is 1.34. The lowest BCUT2D eigenvalue weighted by Gasteiger charge is -2.08. The van der Waals surface area contributed by atoms with Crippen molar-refractivity contribution in [3.63, 3.8) is 0 Å². The minimum absolute atomic E-state index is 0.0363. The summed E-state index contributed by atoms with van der Waals surface area (Å²) in [4.78, 5) is 10.4. The van der Waals surface area contributed by atoms with Gasteiger partial charge in [-0.3, -0.25) is 0 Å². The van der Waals surface area contributed by atoms with E-state index in [2.05, 4.69) is 19.1 Å². The first kappa shape index (κ1) is 25.9. The van der Waals surface area contributed by atoms with Crippen LogP contribution in [0.5, 0.6) is 5.75 Å². The molecule has 0 amide bonds. The first-order chi connectivity index (χ1) is 14.4. The number of hydrogen-bond acceptors (Lipinski definition) is 6. The zero-order valence-corrected chi connectivity index (χ0v) is 18.1. The molecule has 6 heteroatoms. The monoisotopic (exact) mass is 412 g/mol. The topological polar surface area (TPSA) is 66.4 Å². The lowest BCUT2D eigenvalue weighted by molar-refractivity contribution is -0.215. The van der Waals surface area contributed by atoms with Gasteiger partial charge < -0.3 is 24.2 Å². The van der Waals surface area contributed by atoms with E-state index in [0.717, 1.165) is 6.42 Å². The number of hydrogen-bond donors (Lipinski definition) is 1. The van der Waals surface area contributed by atoms with Crippen LogP contribution in [0.15, 0.2) is 24.3 Å². The molecule has 1 N–H and O–H groups in total. The number of unbranched alkanes of at least 4 members (excludes halogenated alkanes) is 6. The van der Waals surface area contributed by atoms with E-state index in [-0.39, 0.29) is 6.61 Å². The number of aryl methyl sites for hydroxylation is 1. The van der Waals surface area contributed by atoms with E-state index < -0.39 is 0 Å². The largest absolute Gasteiger partial charge is 0.394 e. The molecule has 1 aromatic carbocycles. The molecule has 0 saturated heterocycles. The fraction of sp³-hybridized carbons (Fsp3) is 0.739. The van der Waals surface area contributed by atoms with Gasteiger partial charge in [0.15, 0.2) is 5.75 Å². The van der Waals surface area contributed by atoms with Gasteiger partial charge in [-0.05, 0) is 30.5 Å². The van der Waals surface area contributed by atoms with Crippen LogP contribution >= 0.6 is 0 Å². The molecule has 1 rings (SSSR count). The molecule has 0 atom stereocenters. The Bertz CT molecular complexity index is 451. The average Bonchev–Trinajstić information content (AvgIpc) is 2.75. The predicted molar refractivity (Wildman–Crippen MR) is 114 cm³/mol. The molecule has 0 aliphatic heterocycles. The van der Waals surface area contributed by atoms with Crippen LogP contribution in [0.4, 0.5) is 0 Å². The van der Waals surface area contributed by atoms with Crippen LogP contribution in [0.3, 0.4) is 0 Å². The van der Waals surface area contributed by atoms with Crippen molar-refractivity contribution in [2.24, 2.45) is 0 Å². The Morgan fingerprint density at radius 1 is 0.655 bits per heavy atom. The Kier molecular flexibility index (Phi) is 17.9. The standard InChI is InChI=1S/C23H40O6/c1-2-3-4-5-6-7-8-9-22-10-12-23(13-11-22)29-28-21-20-27-19-18-26-17-16-25-15-14-24/h10-13,24H,2-9,14-21H2,1H3. The lowest BCUT2D eigenvalue weighted by atomic mass is 10.0. The normalized spacial score (nSPS) is 11.1. The number of benzene rings is 1. The molecule has 0 saturated carbocycles. The number of aliphatic hydroxyl groups excluding tert-OH is 1. The molecule has 0 spiro atoms. The van der Waals surface area contributed by atoms with Gasteiger partial charge in [0.25, 0.3) is 0 Å². The Balaban J connectivity index is 1.91. The average molecular weight is 413 g/mol. The van der Waals surface area contributed by atoms with Gasteiger partial charge >= 0.3 is 0 Å². The summed E-state index contributed by atoms with van der Waals surface area (Å²) in [6.07, 6.45) is 10.5. The molecule has 6 nitrogen and oxygen atoms in total. The number of aliphatic hydroxyl groups is 1. The fourth-order valence-electron chi connectivity index (χ4n) is 2.81. The van der Waals surface area contributed by atoms with Gasteiger partial charge in [-0.25, -0.2) is 0 Å². The molecule has 0 heterocycles. The molecule has 0 unspecified atom stereocenters. The molecular formula is C23H40O6. The third kappa shape index (κ3) is 16.3. The molecule has 0 fully saturated rings. The second kappa shape index (κ2) is 20.1. The Hall–Kier alpha value is -1.18. The maximum Gasteiger partial charge on any atom is 0.165 e. The zero-order chi connectivity index (χ0) is 20.8. The van der Waals surface area contributed by atoms with Crippen molar-refractivity contribution in [3.05, 3.63) is 29.8 Å². The second-order valence-corrected chi connectivity index (χ2v) is 6.98. The highest BCUT2D eigenvalue weighted by molar-refractivity contribution is 5.26. The quantitative estimate of drug-likeness (QED) is 0.184. The van der Waals surface area contributed by atoms with Crippen LogP contribution in [0.1, 0.15) is 57.4 Å². The number of ether oxygens (including phenoxy) is 3. The highest BCUT2D eigenvalue weighted by Crippen LogP contribution is 2.15. The SMILES string of the molecule is CCCCCCCCCc1ccc(OOCCOCCOCCOCCO)cc1. The molecule has 29 heavy (non-hydrogen) atoms. The summed E-state index contributed by atoms with van der Waals surface area (Å²) in [5, 5.41) is 8.55. The van der Waals surface area contributed by atoms with Crippen LogP contribution in [0.25, 0.3) is 0 Å². The summed E-state index contributed by atoms with van der Waals surface area (Å²) < 4.78 is 15.8. The van der Waals surface area contributed by atoms with Crippen LogP contribution in [-0.4, -0.2) is 58.0 Å².